The monoisotopic (exact) mass is 864 g/mol. The Morgan fingerprint density at radius 3 is 0.857 bits per heavy atom. The molecule has 0 bridgehead atoms. The Kier molecular flexibility index (Phi) is 13.5. The summed E-state index contributed by atoms with van der Waals surface area (Å²) in [7, 11) is 0. The van der Waals surface area contributed by atoms with Crippen LogP contribution >= 0.6 is 0 Å². The summed E-state index contributed by atoms with van der Waals surface area (Å²) in [6.07, 6.45) is -16.2. The summed E-state index contributed by atoms with van der Waals surface area (Å²) in [5, 5.41) is 0. The Hall–Kier alpha value is -4.12. The molecule has 4 fully saturated rings. The van der Waals surface area contributed by atoms with Crippen molar-refractivity contribution in [2.45, 2.75) is 84.6 Å². The van der Waals surface area contributed by atoms with Crippen molar-refractivity contribution >= 4 is 24.6 Å². The number of rotatable bonds is 18. The fourth-order valence-electron chi connectivity index (χ4n) is 4.39. The molecule has 4 aliphatic heterocycles. The molecule has 30 heteroatoms. The number of carbonyl (C=O) groups excluding carboxylic acids is 4. The lowest BCUT2D eigenvalue weighted by atomic mass is 9.92. The molecule has 0 aromatic heterocycles. The zero-order chi connectivity index (χ0) is 42.8. The van der Waals surface area contributed by atoms with Crippen LogP contribution in [0.3, 0.4) is 0 Å². The molecule has 4 saturated heterocycles. The Morgan fingerprint density at radius 1 is 0.393 bits per heavy atom. The first-order valence-electron chi connectivity index (χ1n) is 14.9. The van der Waals surface area contributed by atoms with Crippen LogP contribution in [-0.2, 0) is 47.4 Å². The van der Waals surface area contributed by atoms with E-state index in [1.54, 1.807) is 0 Å². The molecule has 4 rings (SSSR count). The second-order valence-corrected chi connectivity index (χ2v) is 11.8. The van der Waals surface area contributed by atoms with Crippen LogP contribution in [0.4, 0.5) is 89.4 Å². The highest BCUT2D eigenvalue weighted by molar-refractivity contribution is 5.62. The van der Waals surface area contributed by atoms with Crippen molar-refractivity contribution in [1.82, 2.24) is 0 Å². The highest BCUT2D eigenvalue weighted by atomic mass is 19.4. The summed E-state index contributed by atoms with van der Waals surface area (Å²) in [5.74, 6) is -49.0. The summed E-state index contributed by atoms with van der Waals surface area (Å²) >= 11 is 0. The van der Waals surface area contributed by atoms with E-state index in [9.17, 15) is 89.4 Å². The standard InChI is InChI=1S/C14H14F8O8.C12H10F8O6/c15-11(16,5-25-1-7-3-27-9(23)29-7)13(19,20)14(21,22)12(17,18)6-26-2-8-4-28-10(24)30-8;13-9(14,1-5-3-23-7(21)25-5)11(17,18)12(19,20)10(15,16)2-6-4-24-8(22)26-6/h7-8H,1-6H2;5-6H,1-4H2. The topological polar surface area (TPSA) is 161 Å². The quantitative estimate of drug-likeness (QED) is 0.0896. The molecule has 0 N–H and O–H groups in total. The minimum Gasteiger partial charge on any atom is -0.430 e. The van der Waals surface area contributed by atoms with E-state index in [4.69, 9.17) is 0 Å². The number of halogens is 16. The van der Waals surface area contributed by atoms with E-state index in [2.05, 4.69) is 47.4 Å². The highest BCUT2D eigenvalue weighted by Gasteiger charge is 2.81. The van der Waals surface area contributed by atoms with Crippen LogP contribution in [0.1, 0.15) is 12.8 Å². The minimum absolute atomic E-state index is 0.465. The molecular formula is C26H24F16O14. The number of hydrogen-bond acceptors (Lipinski definition) is 14. The normalized spacial score (nSPS) is 23.9. The van der Waals surface area contributed by atoms with Crippen molar-refractivity contribution in [2.24, 2.45) is 0 Å². The average Bonchev–Trinajstić information content (AvgIpc) is 3.86. The van der Waals surface area contributed by atoms with Crippen LogP contribution in [-0.4, -0.2) is 149 Å². The average molecular weight is 864 g/mol. The molecule has 4 unspecified atom stereocenters. The Morgan fingerprint density at radius 2 is 0.625 bits per heavy atom. The summed E-state index contributed by atoms with van der Waals surface area (Å²) in [5.41, 5.74) is 0. The van der Waals surface area contributed by atoms with E-state index in [1.807, 2.05) is 0 Å². The lowest BCUT2D eigenvalue weighted by molar-refractivity contribution is -0.377. The predicted molar refractivity (Wildman–Crippen MR) is 135 cm³/mol. The highest BCUT2D eigenvalue weighted by Crippen LogP contribution is 2.56. The Bertz CT molecular complexity index is 1330. The zero-order valence-corrected chi connectivity index (χ0v) is 27.1. The Balaban J connectivity index is 0.000000303. The van der Waals surface area contributed by atoms with Gasteiger partial charge in [0.25, 0.3) is 0 Å². The van der Waals surface area contributed by atoms with Crippen LogP contribution in [0.2, 0.25) is 0 Å². The molecule has 0 spiro atoms. The van der Waals surface area contributed by atoms with Gasteiger partial charge in [-0.2, -0.15) is 70.2 Å². The lowest BCUT2D eigenvalue weighted by Gasteiger charge is -2.37. The van der Waals surface area contributed by atoms with Crippen molar-refractivity contribution in [3.63, 3.8) is 0 Å². The molecule has 0 saturated carbocycles. The first-order valence-corrected chi connectivity index (χ1v) is 14.9. The van der Waals surface area contributed by atoms with Gasteiger partial charge < -0.3 is 47.4 Å². The maximum atomic E-state index is 13.7. The van der Waals surface area contributed by atoms with Crippen molar-refractivity contribution in [1.29, 1.82) is 0 Å². The zero-order valence-electron chi connectivity index (χ0n) is 27.1. The largest absolute Gasteiger partial charge is 0.508 e. The molecule has 324 valence electrons. The Labute approximate surface area is 299 Å². The molecule has 0 amide bonds. The number of alkyl halides is 16. The maximum absolute atomic E-state index is 13.7. The van der Waals surface area contributed by atoms with Gasteiger partial charge in [-0.3, -0.25) is 0 Å². The van der Waals surface area contributed by atoms with Crippen molar-refractivity contribution in [3.05, 3.63) is 0 Å². The van der Waals surface area contributed by atoms with E-state index in [1.165, 1.54) is 0 Å². The van der Waals surface area contributed by atoms with E-state index in [0.717, 1.165) is 0 Å². The molecule has 0 aromatic rings. The third-order valence-corrected chi connectivity index (χ3v) is 7.37. The van der Waals surface area contributed by atoms with Crippen LogP contribution < -0.4 is 0 Å². The second kappa shape index (κ2) is 16.4. The third kappa shape index (κ3) is 9.87. The van der Waals surface area contributed by atoms with Crippen molar-refractivity contribution < 1.29 is 137 Å². The maximum Gasteiger partial charge on any atom is 0.508 e. The fourth-order valence-corrected chi connectivity index (χ4v) is 4.39. The molecule has 4 heterocycles. The van der Waals surface area contributed by atoms with Crippen LogP contribution in [0, 0.1) is 0 Å². The van der Waals surface area contributed by atoms with Gasteiger partial charge in [0.15, 0.2) is 12.2 Å². The molecule has 0 radical (unpaired) electrons. The van der Waals surface area contributed by atoms with Gasteiger partial charge in [0, 0.05) is 0 Å². The number of cyclic esters (lactones) is 8. The van der Waals surface area contributed by atoms with Gasteiger partial charge in [-0.15, -0.1) is 0 Å². The van der Waals surface area contributed by atoms with Gasteiger partial charge in [0.05, 0.1) is 26.1 Å². The van der Waals surface area contributed by atoms with E-state index < -0.39 is 162 Å². The van der Waals surface area contributed by atoms with E-state index in [-0.39, 0.29) is 0 Å². The van der Waals surface area contributed by atoms with E-state index in [0.29, 0.717) is 0 Å². The lowest BCUT2D eigenvalue weighted by Crippen LogP contribution is -2.64. The van der Waals surface area contributed by atoms with Crippen LogP contribution in [0.5, 0.6) is 0 Å². The SMILES string of the molecule is O=C1OCC(CC(F)(F)C(F)(F)C(F)(F)C(F)(F)CC2COC(=O)O2)O1.O=C1OCC(COCC(F)(F)C(F)(F)C(F)(F)C(F)(F)COCC2COC(=O)O2)O1. The molecule has 4 atom stereocenters. The van der Waals surface area contributed by atoms with Gasteiger partial charge in [0.2, 0.25) is 0 Å². The van der Waals surface area contributed by atoms with Gasteiger partial charge in [-0.1, -0.05) is 0 Å². The summed E-state index contributed by atoms with van der Waals surface area (Å²) in [6.45, 7) is -9.40. The number of carbonyl (C=O) groups is 4. The second-order valence-electron chi connectivity index (χ2n) is 11.8. The van der Waals surface area contributed by atoms with E-state index >= 15 is 0 Å². The van der Waals surface area contributed by atoms with Crippen molar-refractivity contribution in [2.75, 3.05) is 52.9 Å². The summed E-state index contributed by atoms with van der Waals surface area (Å²) in [6, 6.07) is 0. The first-order chi connectivity index (χ1) is 25.4. The van der Waals surface area contributed by atoms with Gasteiger partial charge in [-0.25, -0.2) is 19.2 Å². The smallest absolute Gasteiger partial charge is 0.430 e. The van der Waals surface area contributed by atoms with Crippen LogP contribution in [0.25, 0.3) is 0 Å². The predicted octanol–water partition coefficient (Wildman–Crippen LogP) is 6.01. The molecule has 14 nitrogen and oxygen atoms in total. The molecule has 0 aliphatic carbocycles. The van der Waals surface area contributed by atoms with Crippen LogP contribution in [0.15, 0.2) is 0 Å². The molecule has 4 aliphatic rings. The fraction of sp³-hybridized carbons (Fsp3) is 0.846. The van der Waals surface area contributed by atoms with Crippen molar-refractivity contribution in [3.8, 4) is 0 Å². The number of ether oxygens (including phenoxy) is 10. The van der Waals surface area contributed by atoms with Gasteiger partial charge in [0.1, 0.15) is 51.8 Å². The van der Waals surface area contributed by atoms with Gasteiger partial charge in [-0.05, 0) is 0 Å². The molecular weight excluding hydrogens is 840 g/mol. The number of hydrogen-bond donors (Lipinski definition) is 0. The minimum atomic E-state index is -6.56. The molecule has 56 heavy (non-hydrogen) atoms. The molecule has 0 aromatic carbocycles. The first kappa shape index (κ1) is 46.3. The summed E-state index contributed by atoms with van der Waals surface area (Å²) < 4.78 is 260. The summed E-state index contributed by atoms with van der Waals surface area (Å²) in [4.78, 5) is 42.3. The third-order valence-electron chi connectivity index (χ3n) is 7.37. The van der Waals surface area contributed by atoms with Gasteiger partial charge >= 0.3 is 72.0 Å².